The van der Waals surface area contributed by atoms with Gasteiger partial charge in [0.1, 0.15) is 0 Å². The van der Waals surface area contributed by atoms with E-state index in [2.05, 4.69) is 9.64 Å². The first kappa shape index (κ1) is 13.7. The van der Waals surface area contributed by atoms with E-state index in [0.29, 0.717) is 0 Å². The van der Waals surface area contributed by atoms with Crippen LogP contribution in [-0.2, 0) is 9.53 Å². The smallest absolute Gasteiger partial charge is 0.345 e. The molecule has 1 N–H and O–H groups in total. The number of hydrogen-bond donors (Lipinski definition) is 1. The monoisotopic (exact) mass is 221 g/mol. The highest BCUT2D eigenvalue weighted by atomic mass is 32.2. The summed E-state index contributed by atoms with van der Waals surface area (Å²) in [5, 5.41) is 9.50. The zero-order chi connectivity index (χ0) is 11.1. The van der Waals surface area contributed by atoms with Crippen molar-refractivity contribution in [2.45, 2.75) is 31.6 Å². The lowest BCUT2D eigenvalue weighted by atomic mass is 10.5. The van der Waals surface area contributed by atoms with Crippen molar-refractivity contribution in [1.82, 2.24) is 4.90 Å². The van der Waals surface area contributed by atoms with E-state index in [0.717, 1.165) is 13.1 Å². The van der Waals surface area contributed by atoms with E-state index in [1.807, 2.05) is 20.8 Å². The molecule has 0 radical (unpaired) electrons. The number of aliphatic hydroxyl groups is 1. The highest BCUT2D eigenvalue weighted by molar-refractivity contribution is 8.00. The Balaban J connectivity index is 4.03. The third-order valence-corrected chi connectivity index (χ3v) is 3.20. The molecule has 84 valence electrons. The number of carbonyl (C=O) groups is 1. The van der Waals surface area contributed by atoms with Crippen molar-refractivity contribution in [2.24, 2.45) is 0 Å². The van der Waals surface area contributed by atoms with Gasteiger partial charge in [-0.2, -0.15) is 0 Å². The molecule has 14 heavy (non-hydrogen) atoms. The number of aliphatic hydroxyl groups excluding tert-OH is 1. The maximum atomic E-state index is 10.9. The molecule has 0 spiro atoms. The average molecular weight is 221 g/mol. The van der Waals surface area contributed by atoms with Crippen LogP contribution in [0.25, 0.3) is 0 Å². The molecule has 0 bridgehead atoms. The number of methoxy groups -OCH3 is 1. The van der Waals surface area contributed by atoms with Crippen molar-refractivity contribution in [3.63, 3.8) is 0 Å². The van der Waals surface area contributed by atoms with Crippen LogP contribution in [0.2, 0.25) is 0 Å². The summed E-state index contributed by atoms with van der Waals surface area (Å²) in [6, 6.07) is 0. The van der Waals surface area contributed by atoms with Crippen LogP contribution in [0, 0.1) is 0 Å². The molecule has 0 aromatic rings. The summed E-state index contributed by atoms with van der Waals surface area (Å²) in [4.78, 5) is 13.1. The summed E-state index contributed by atoms with van der Waals surface area (Å²) in [6.45, 7) is 7.86. The van der Waals surface area contributed by atoms with Crippen LogP contribution < -0.4 is 0 Å². The molecule has 0 aliphatic carbocycles. The van der Waals surface area contributed by atoms with Crippen LogP contribution in [0.5, 0.6) is 0 Å². The maximum Gasteiger partial charge on any atom is 0.345 e. The minimum Gasteiger partial charge on any atom is -0.466 e. The summed E-state index contributed by atoms with van der Waals surface area (Å²) in [5.41, 5.74) is -1.09. The van der Waals surface area contributed by atoms with Gasteiger partial charge < -0.3 is 9.84 Å². The Morgan fingerprint density at radius 3 is 2.36 bits per heavy atom. The van der Waals surface area contributed by atoms with Crippen molar-refractivity contribution in [2.75, 3.05) is 20.2 Å². The quantitative estimate of drug-likeness (QED) is 0.533. The van der Waals surface area contributed by atoms with Crippen LogP contribution >= 0.6 is 11.8 Å². The fraction of sp³-hybridized carbons (Fsp3) is 0.889. The number of nitrogens with zero attached hydrogens (tertiary/aromatic N) is 1. The fourth-order valence-corrected chi connectivity index (χ4v) is 2.22. The molecule has 0 heterocycles. The van der Waals surface area contributed by atoms with Gasteiger partial charge in [0.05, 0.1) is 12.5 Å². The number of rotatable bonds is 6. The van der Waals surface area contributed by atoms with Gasteiger partial charge >= 0.3 is 5.97 Å². The predicted molar refractivity (Wildman–Crippen MR) is 58.0 cm³/mol. The van der Waals surface area contributed by atoms with E-state index < -0.39 is 11.4 Å². The number of thioether (sulfide) groups is 1. The summed E-state index contributed by atoms with van der Waals surface area (Å²) in [6.07, 6.45) is 0. The molecule has 0 aromatic heterocycles. The lowest BCUT2D eigenvalue weighted by molar-refractivity contribution is -0.145. The zero-order valence-electron chi connectivity index (χ0n) is 9.19. The lowest BCUT2D eigenvalue weighted by Crippen LogP contribution is -2.33. The van der Waals surface area contributed by atoms with E-state index in [9.17, 15) is 9.90 Å². The SMILES string of the molecule is CCN(CC)C(C)SC(O)C(=O)OC. The molecule has 0 rings (SSSR count). The van der Waals surface area contributed by atoms with Crippen LogP contribution in [0.3, 0.4) is 0 Å². The van der Waals surface area contributed by atoms with E-state index >= 15 is 0 Å². The van der Waals surface area contributed by atoms with Crippen molar-refractivity contribution < 1.29 is 14.6 Å². The summed E-state index contributed by atoms with van der Waals surface area (Å²) < 4.78 is 4.43. The van der Waals surface area contributed by atoms with Crippen molar-refractivity contribution in [3.05, 3.63) is 0 Å². The number of ether oxygens (including phenoxy) is 1. The van der Waals surface area contributed by atoms with Crippen LogP contribution in [0.1, 0.15) is 20.8 Å². The molecular formula is C9H19NO3S. The minimum atomic E-state index is -1.09. The van der Waals surface area contributed by atoms with E-state index in [-0.39, 0.29) is 5.37 Å². The van der Waals surface area contributed by atoms with Gasteiger partial charge in [0.25, 0.3) is 0 Å². The van der Waals surface area contributed by atoms with Crippen LogP contribution in [0.4, 0.5) is 0 Å². The Labute approximate surface area is 89.6 Å². The highest BCUT2D eigenvalue weighted by Gasteiger charge is 2.21. The normalized spacial score (nSPS) is 15.3. The first-order chi connectivity index (χ1) is 6.56. The molecule has 0 saturated heterocycles. The first-order valence-corrected chi connectivity index (χ1v) is 5.66. The van der Waals surface area contributed by atoms with E-state index in [1.165, 1.54) is 18.9 Å². The molecule has 0 aliphatic heterocycles. The van der Waals surface area contributed by atoms with Gasteiger partial charge in [0.15, 0.2) is 5.44 Å². The topological polar surface area (TPSA) is 49.8 Å². The first-order valence-electron chi connectivity index (χ1n) is 4.72. The molecular weight excluding hydrogens is 202 g/mol. The van der Waals surface area contributed by atoms with E-state index in [4.69, 9.17) is 0 Å². The third-order valence-electron chi connectivity index (χ3n) is 2.06. The van der Waals surface area contributed by atoms with Gasteiger partial charge in [-0.05, 0) is 20.0 Å². The Bertz CT molecular complexity index is 173. The second-order valence-electron chi connectivity index (χ2n) is 2.83. The maximum absolute atomic E-state index is 10.9. The highest BCUT2D eigenvalue weighted by Crippen LogP contribution is 2.19. The van der Waals surface area contributed by atoms with Crippen molar-refractivity contribution in [3.8, 4) is 0 Å². The fourth-order valence-electron chi connectivity index (χ4n) is 1.17. The Morgan fingerprint density at radius 1 is 1.50 bits per heavy atom. The van der Waals surface area contributed by atoms with Crippen LogP contribution in [-0.4, -0.2) is 47.0 Å². The number of esters is 1. The molecule has 0 aromatic carbocycles. The number of hydrogen-bond acceptors (Lipinski definition) is 5. The van der Waals surface area contributed by atoms with Gasteiger partial charge in [-0.25, -0.2) is 4.79 Å². The Hall–Kier alpha value is -0.260. The van der Waals surface area contributed by atoms with Gasteiger partial charge in [-0.15, -0.1) is 11.8 Å². The standard InChI is InChI=1S/C9H19NO3S/c1-5-10(6-2)7(3)14-9(12)8(11)13-4/h7,9,12H,5-6H2,1-4H3. The van der Waals surface area contributed by atoms with Crippen molar-refractivity contribution >= 4 is 17.7 Å². The number of carbonyl (C=O) groups excluding carboxylic acids is 1. The lowest BCUT2D eigenvalue weighted by Gasteiger charge is -2.26. The second kappa shape index (κ2) is 7.09. The van der Waals surface area contributed by atoms with Crippen LogP contribution in [0.15, 0.2) is 0 Å². The summed E-state index contributed by atoms with van der Waals surface area (Å²) in [5.74, 6) is -0.589. The molecule has 5 heteroatoms. The molecule has 0 aliphatic rings. The van der Waals surface area contributed by atoms with Crippen molar-refractivity contribution in [1.29, 1.82) is 0 Å². The van der Waals surface area contributed by atoms with Gasteiger partial charge in [-0.3, -0.25) is 4.90 Å². The second-order valence-corrected chi connectivity index (χ2v) is 4.23. The third kappa shape index (κ3) is 4.30. The molecule has 0 saturated carbocycles. The Kier molecular flexibility index (Phi) is 6.96. The Morgan fingerprint density at radius 2 is 2.00 bits per heavy atom. The van der Waals surface area contributed by atoms with Gasteiger partial charge in [0, 0.05) is 0 Å². The predicted octanol–water partition coefficient (Wildman–Crippen LogP) is 0.899. The molecule has 0 amide bonds. The summed E-state index contributed by atoms with van der Waals surface area (Å²) in [7, 11) is 1.27. The minimum absolute atomic E-state index is 0.110. The molecule has 4 nitrogen and oxygen atoms in total. The largest absolute Gasteiger partial charge is 0.466 e. The zero-order valence-corrected chi connectivity index (χ0v) is 10.0. The van der Waals surface area contributed by atoms with Gasteiger partial charge in [-0.1, -0.05) is 13.8 Å². The molecule has 0 fully saturated rings. The van der Waals surface area contributed by atoms with E-state index in [1.54, 1.807) is 0 Å². The average Bonchev–Trinajstić information content (AvgIpc) is 2.18. The molecule has 2 atom stereocenters. The molecule has 2 unspecified atom stereocenters. The summed E-state index contributed by atoms with van der Waals surface area (Å²) >= 11 is 1.20. The van der Waals surface area contributed by atoms with Gasteiger partial charge in [0.2, 0.25) is 0 Å².